The molecule has 0 aromatic heterocycles. The first kappa shape index (κ1) is 12.9. The molecule has 0 unspecified atom stereocenters. The van der Waals surface area contributed by atoms with Gasteiger partial charge in [-0.1, -0.05) is 26.2 Å². The Balaban J connectivity index is 2.44. The lowest BCUT2D eigenvalue weighted by atomic mass is 10.2. The minimum absolute atomic E-state index is 0.839. The standard InChI is InChI=1S/C14H24N2/c1-3-5-6-7-12-16(4-2)14-10-8-13(15)9-11-14/h8-11H,3-7,12,15H2,1-2H3. The molecule has 0 saturated heterocycles. The van der Waals surface area contributed by atoms with Gasteiger partial charge in [-0.25, -0.2) is 0 Å². The predicted octanol–water partition coefficient (Wildman–Crippen LogP) is 3.68. The highest BCUT2D eigenvalue weighted by molar-refractivity contribution is 5.52. The largest absolute Gasteiger partial charge is 0.399 e. The van der Waals surface area contributed by atoms with Crippen molar-refractivity contribution in [3.05, 3.63) is 24.3 Å². The Hall–Kier alpha value is -1.18. The molecule has 1 rings (SSSR count). The van der Waals surface area contributed by atoms with Gasteiger partial charge in [-0.15, -0.1) is 0 Å². The predicted molar refractivity (Wildman–Crippen MR) is 72.9 cm³/mol. The molecular weight excluding hydrogens is 196 g/mol. The second-order valence-electron chi connectivity index (χ2n) is 4.23. The molecule has 16 heavy (non-hydrogen) atoms. The van der Waals surface area contributed by atoms with Crippen LogP contribution in [0.5, 0.6) is 0 Å². The van der Waals surface area contributed by atoms with Gasteiger partial charge in [0.1, 0.15) is 0 Å². The molecule has 1 aromatic carbocycles. The van der Waals surface area contributed by atoms with E-state index in [1.807, 2.05) is 12.1 Å². The van der Waals surface area contributed by atoms with E-state index in [2.05, 4.69) is 30.9 Å². The van der Waals surface area contributed by atoms with Crippen molar-refractivity contribution in [1.82, 2.24) is 0 Å². The first-order chi connectivity index (χ1) is 7.77. The topological polar surface area (TPSA) is 29.3 Å². The van der Waals surface area contributed by atoms with E-state index in [0.717, 1.165) is 18.8 Å². The molecular formula is C14H24N2. The molecule has 0 radical (unpaired) electrons. The van der Waals surface area contributed by atoms with Gasteiger partial charge < -0.3 is 10.6 Å². The first-order valence-corrected chi connectivity index (χ1v) is 6.38. The average Bonchev–Trinajstić information content (AvgIpc) is 2.31. The van der Waals surface area contributed by atoms with Crippen molar-refractivity contribution in [3.8, 4) is 0 Å². The van der Waals surface area contributed by atoms with Gasteiger partial charge in [0, 0.05) is 24.5 Å². The number of nitrogens with two attached hydrogens (primary N) is 1. The Kier molecular flexibility index (Phi) is 5.76. The highest BCUT2D eigenvalue weighted by Crippen LogP contribution is 2.16. The number of rotatable bonds is 7. The summed E-state index contributed by atoms with van der Waals surface area (Å²) < 4.78 is 0. The van der Waals surface area contributed by atoms with E-state index in [-0.39, 0.29) is 0 Å². The zero-order chi connectivity index (χ0) is 11.8. The zero-order valence-corrected chi connectivity index (χ0v) is 10.6. The summed E-state index contributed by atoms with van der Waals surface area (Å²) in [5.74, 6) is 0. The summed E-state index contributed by atoms with van der Waals surface area (Å²) in [5.41, 5.74) is 7.81. The third-order valence-corrected chi connectivity index (χ3v) is 2.92. The summed E-state index contributed by atoms with van der Waals surface area (Å²) in [6.07, 6.45) is 5.27. The number of nitrogens with zero attached hydrogens (tertiary/aromatic N) is 1. The lowest BCUT2D eigenvalue weighted by Crippen LogP contribution is -2.23. The number of hydrogen-bond donors (Lipinski definition) is 1. The lowest BCUT2D eigenvalue weighted by molar-refractivity contribution is 0.649. The Morgan fingerprint density at radius 2 is 1.69 bits per heavy atom. The van der Waals surface area contributed by atoms with Gasteiger partial charge in [-0.05, 0) is 37.6 Å². The molecule has 0 amide bonds. The van der Waals surface area contributed by atoms with E-state index in [1.165, 1.54) is 31.4 Å². The zero-order valence-electron chi connectivity index (χ0n) is 10.6. The van der Waals surface area contributed by atoms with E-state index in [1.54, 1.807) is 0 Å². The fourth-order valence-electron chi connectivity index (χ4n) is 1.88. The summed E-state index contributed by atoms with van der Waals surface area (Å²) in [6, 6.07) is 8.17. The van der Waals surface area contributed by atoms with Gasteiger partial charge in [-0.2, -0.15) is 0 Å². The SMILES string of the molecule is CCCCCCN(CC)c1ccc(N)cc1. The van der Waals surface area contributed by atoms with E-state index < -0.39 is 0 Å². The van der Waals surface area contributed by atoms with Gasteiger partial charge in [-0.3, -0.25) is 0 Å². The Bertz CT molecular complexity index is 279. The summed E-state index contributed by atoms with van der Waals surface area (Å²) in [4.78, 5) is 2.41. The summed E-state index contributed by atoms with van der Waals surface area (Å²) in [6.45, 7) is 6.67. The molecule has 0 fully saturated rings. The Labute approximate surface area is 99.5 Å². The van der Waals surface area contributed by atoms with Crippen LogP contribution in [0.15, 0.2) is 24.3 Å². The maximum absolute atomic E-state index is 5.69. The van der Waals surface area contributed by atoms with E-state index in [9.17, 15) is 0 Å². The van der Waals surface area contributed by atoms with Crippen LogP contribution in [0.3, 0.4) is 0 Å². The van der Waals surface area contributed by atoms with Crippen molar-refractivity contribution in [2.75, 3.05) is 23.7 Å². The van der Waals surface area contributed by atoms with Crippen LogP contribution in [0, 0.1) is 0 Å². The van der Waals surface area contributed by atoms with Crippen LogP contribution >= 0.6 is 0 Å². The maximum Gasteiger partial charge on any atom is 0.0367 e. The van der Waals surface area contributed by atoms with Crippen molar-refractivity contribution < 1.29 is 0 Å². The summed E-state index contributed by atoms with van der Waals surface area (Å²) >= 11 is 0. The maximum atomic E-state index is 5.69. The fourth-order valence-corrected chi connectivity index (χ4v) is 1.88. The third-order valence-electron chi connectivity index (χ3n) is 2.92. The summed E-state index contributed by atoms with van der Waals surface area (Å²) in [5, 5.41) is 0. The highest BCUT2D eigenvalue weighted by Gasteiger charge is 2.02. The third kappa shape index (κ3) is 4.13. The van der Waals surface area contributed by atoms with Gasteiger partial charge in [0.15, 0.2) is 0 Å². The molecule has 2 nitrogen and oxygen atoms in total. The van der Waals surface area contributed by atoms with Crippen molar-refractivity contribution >= 4 is 11.4 Å². The van der Waals surface area contributed by atoms with Crippen molar-refractivity contribution in [1.29, 1.82) is 0 Å². The highest BCUT2D eigenvalue weighted by atomic mass is 15.1. The van der Waals surface area contributed by atoms with Crippen LogP contribution in [0.1, 0.15) is 39.5 Å². The Morgan fingerprint density at radius 1 is 1.00 bits per heavy atom. The lowest BCUT2D eigenvalue weighted by Gasteiger charge is -2.23. The van der Waals surface area contributed by atoms with Crippen LogP contribution in [0.4, 0.5) is 11.4 Å². The van der Waals surface area contributed by atoms with Gasteiger partial charge in [0.25, 0.3) is 0 Å². The number of anilines is 2. The molecule has 0 bridgehead atoms. The van der Waals surface area contributed by atoms with Crippen LogP contribution in [-0.4, -0.2) is 13.1 Å². The number of unbranched alkanes of at least 4 members (excludes halogenated alkanes) is 3. The molecule has 0 heterocycles. The van der Waals surface area contributed by atoms with Gasteiger partial charge in [0.05, 0.1) is 0 Å². The average molecular weight is 220 g/mol. The fraction of sp³-hybridized carbons (Fsp3) is 0.571. The minimum Gasteiger partial charge on any atom is -0.399 e. The molecule has 0 aliphatic rings. The van der Waals surface area contributed by atoms with Gasteiger partial charge >= 0.3 is 0 Å². The van der Waals surface area contributed by atoms with E-state index in [4.69, 9.17) is 5.73 Å². The van der Waals surface area contributed by atoms with E-state index >= 15 is 0 Å². The second kappa shape index (κ2) is 7.15. The summed E-state index contributed by atoms with van der Waals surface area (Å²) in [7, 11) is 0. The smallest absolute Gasteiger partial charge is 0.0367 e. The second-order valence-corrected chi connectivity index (χ2v) is 4.23. The normalized spacial score (nSPS) is 10.4. The molecule has 1 aromatic rings. The van der Waals surface area contributed by atoms with Crippen LogP contribution in [0.25, 0.3) is 0 Å². The Morgan fingerprint density at radius 3 is 2.25 bits per heavy atom. The van der Waals surface area contributed by atoms with Crippen molar-refractivity contribution in [2.45, 2.75) is 39.5 Å². The molecule has 0 aliphatic carbocycles. The molecule has 0 atom stereocenters. The molecule has 2 N–H and O–H groups in total. The van der Waals surface area contributed by atoms with Crippen LogP contribution in [0.2, 0.25) is 0 Å². The molecule has 0 aliphatic heterocycles. The van der Waals surface area contributed by atoms with Crippen LogP contribution in [-0.2, 0) is 0 Å². The van der Waals surface area contributed by atoms with Crippen molar-refractivity contribution in [2.24, 2.45) is 0 Å². The molecule has 2 heteroatoms. The van der Waals surface area contributed by atoms with Crippen molar-refractivity contribution in [3.63, 3.8) is 0 Å². The minimum atomic E-state index is 0.839. The molecule has 90 valence electrons. The monoisotopic (exact) mass is 220 g/mol. The number of benzene rings is 1. The number of hydrogen-bond acceptors (Lipinski definition) is 2. The van der Waals surface area contributed by atoms with Crippen LogP contribution < -0.4 is 10.6 Å². The number of nitrogen functional groups attached to an aromatic ring is 1. The molecule has 0 spiro atoms. The first-order valence-electron chi connectivity index (χ1n) is 6.38. The quantitative estimate of drug-likeness (QED) is 0.561. The van der Waals surface area contributed by atoms with Gasteiger partial charge in [0.2, 0.25) is 0 Å². The van der Waals surface area contributed by atoms with E-state index in [0.29, 0.717) is 0 Å². The molecule has 0 saturated carbocycles.